The van der Waals surface area contributed by atoms with Gasteiger partial charge in [-0.1, -0.05) is 11.6 Å². The van der Waals surface area contributed by atoms with Crippen LogP contribution in [0, 0.1) is 0 Å². The summed E-state index contributed by atoms with van der Waals surface area (Å²) < 4.78 is 5.22. The molecule has 1 aromatic heterocycles. The fraction of sp³-hybridized carbons (Fsp3) is 0.500. The van der Waals surface area contributed by atoms with Gasteiger partial charge in [-0.25, -0.2) is 9.97 Å². The number of hydrogen-bond acceptors (Lipinski definition) is 4. The molecule has 0 spiro atoms. The van der Waals surface area contributed by atoms with Crippen molar-refractivity contribution in [3.05, 3.63) is 17.5 Å². The number of halogens is 1. The summed E-state index contributed by atoms with van der Waals surface area (Å²) >= 11 is 5.71. The second kappa shape index (κ2) is 3.89. The first-order valence-corrected chi connectivity index (χ1v) is 4.54. The smallest absolute Gasteiger partial charge is 0.134 e. The zero-order valence-corrected chi connectivity index (χ0v) is 7.79. The average Bonchev–Trinajstić information content (AvgIpc) is 2.57. The Labute approximate surface area is 81.3 Å². The number of aromatic nitrogens is 2. The van der Waals surface area contributed by atoms with E-state index in [-0.39, 0.29) is 0 Å². The summed E-state index contributed by atoms with van der Waals surface area (Å²) in [7, 11) is 0. The minimum Gasteiger partial charge on any atom is -0.379 e. The summed E-state index contributed by atoms with van der Waals surface area (Å²) in [5.41, 5.74) is 0. The van der Waals surface area contributed by atoms with Gasteiger partial charge in [0.05, 0.1) is 12.6 Å². The molecule has 0 aromatic carbocycles. The van der Waals surface area contributed by atoms with Gasteiger partial charge in [0.2, 0.25) is 0 Å². The molecule has 0 bridgehead atoms. The molecule has 1 unspecified atom stereocenters. The van der Waals surface area contributed by atoms with E-state index in [0.29, 0.717) is 11.2 Å². The van der Waals surface area contributed by atoms with Gasteiger partial charge in [-0.05, 0) is 6.42 Å². The molecular weight excluding hydrogens is 190 g/mol. The Morgan fingerprint density at radius 3 is 3.15 bits per heavy atom. The van der Waals surface area contributed by atoms with Crippen LogP contribution in [0.25, 0.3) is 0 Å². The van der Waals surface area contributed by atoms with E-state index < -0.39 is 0 Å². The summed E-state index contributed by atoms with van der Waals surface area (Å²) in [5, 5.41) is 3.68. The fourth-order valence-electron chi connectivity index (χ4n) is 1.27. The lowest BCUT2D eigenvalue weighted by Gasteiger charge is -2.10. The zero-order chi connectivity index (χ0) is 9.10. The Balaban J connectivity index is 2.00. The Bertz CT molecular complexity index is 288. The highest BCUT2D eigenvalue weighted by molar-refractivity contribution is 6.29. The molecule has 1 N–H and O–H groups in total. The molecule has 1 aliphatic heterocycles. The minimum absolute atomic E-state index is 0.353. The van der Waals surface area contributed by atoms with E-state index in [0.717, 1.165) is 25.5 Å². The molecule has 1 atom stereocenters. The molecule has 1 saturated heterocycles. The van der Waals surface area contributed by atoms with E-state index >= 15 is 0 Å². The van der Waals surface area contributed by atoms with Gasteiger partial charge < -0.3 is 10.1 Å². The summed E-state index contributed by atoms with van der Waals surface area (Å²) in [6.45, 7) is 1.55. The lowest BCUT2D eigenvalue weighted by molar-refractivity contribution is 0.195. The highest BCUT2D eigenvalue weighted by Gasteiger charge is 2.15. The summed E-state index contributed by atoms with van der Waals surface area (Å²) in [4.78, 5) is 7.84. The SMILES string of the molecule is Clc1cc(NC2CCOC2)ncn1. The number of nitrogens with one attached hydrogen (secondary N) is 1. The van der Waals surface area contributed by atoms with Crippen molar-refractivity contribution in [3.8, 4) is 0 Å². The molecule has 1 aliphatic rings. The standard InChI is InChI=1S/C8H10ClN3O/c9-7-3-8(11-5-10-7)12-6-1-2-13-4-6/h3,5-6H,1-2,4H2,(H,10,11,12). The highest BCUT2D eigenvalue weighted by Crippen LogP contribution is 2.13. The van der Waals surface area contributed by atoms with Crippen molar-refractivity contribution in [1.82, 2.24) is 9.97 Å². The van der Waals surface area contributed by atoms with Crippen LogP contribution in [0.5, 0.6) is 0 Å². The number of hydrogen-bond donors (Lipinski definition) is 1. The van der Waals surface area contributed by atoms with Crippen molar-refractivity contribution in [1.29, 1.82) is 0 Å². The number of rotatable bonds is 2. The van der Waals surface area contributed by atoms with Crippen molar-refractivity contribution in [2.24, 2.45) is 0 Å². The lowest BCUT2D eigenvalue weighted by atomic mass is 10.2. The summed E-state index contributed by atoms with van der Waals surface area (Å²) in [6.07, 6.45) is 2.46. The minimum atomic E-state index is 0.353. The maximum atomic E-state index is 5.71. The van der Waals surface area contributed by atoms with Crippen LogP contribution >= 0.6 is 11.6 Å². The molecule has 2 rings (SSSR count). The van der Waals surface area contributed by atoms with E-state index in [1.807, 2.05) is 0 Å². The van der Waals surface area contributed by atoms with Crippen molar-refractivity contribution in [3.63, 3.8) is 0 Å². The molecule has 13 heavy (non-hydrogen) atoms. The monoisotopic (exact) mass is 199 g/mol. The van der Waals surface area contributed by atoms with Gasteiger partial charge in [-0.3, -0.25) is 0 Å². The third-order valence-corrected chi connectivity index (χ3v) is 2.12. The van der Waals surface area contributed by atoms with Crippen LogP contribution in [0.3, 0.4) is 0 Å². The molecule has 1 fully saturated rings. The molecule has 0 aliphatic carbocycles. The summed E-state index contributed by atoms with van der Waals surface area (Å²) in [5.74, 6) is 0.760. The van der Waals surface area contributed by atoms with E-state index in [4.69, 9.17) is 16.3 Å². The maximum absolute atomic E-state index is 5.71. The maximum Gasteiger partial charge on any atom is 0.134 e. The summed E-state index contributed by atoms with van der Waals surface area (Å²) in [6, 6.07) is 2.06. The molecule has 2 heterocycles. The molecule has 1 aromatic rings. The first kappa shape index (κ1) is 8.72. The predicted molar refractivity (Wildman–Crippen MR) is 49.9 cm³/mol. The van der Waals surface area contributed by atoms with E-state index in [1.54, 1.807) is 6.07 Å². The van der Waals surface area contributed by atoms with Crippen LogP contribution in [0.15, 0.2) is 12.4 Å². The number of nitrogens with zero attached hydrogens (tertiary/aromatic N) is 2. The van der Waals surface area contributed by atoms with Gasteiger partial charge in [0.15, 0.2) is 0 Å². The lowest BCUT2D eigenvalue weighted by Crippen LogP contribution is -2.19. The van der Waals surface area contributed by atoms with Gasteiger partial charge in [0.25, 0.3) is 0 Å². The van der Waals surface area contributed by atoms with Crippen molar-refractivity contribution in [2.75, 3.05) is 18.5 Å². The molecule has 70 valence electrons. The molecule has 5 heteroatoms. The number of anilines is 1. The topological polar surface area (TPSA) is 47.0 Å². The van der Waals surface area contributed by atoms with Gasteiger partial charge in [0, 0.05) is 12.7 Å². The van der Waals surface area contributed by atoms with Crippen LogP contribution in [0.1, 0.15) is 6.42 Å². The largest absolute Gasteiger partial charge is 0.379 e. The van der Waals surface area contributed by atoms with Crippen LogP contribution in [-0.2, 0) is 4.74 Å². The van der Waals surface area contributed by atoms with Gasteiger partial charge >= 0.3 is 0 Å². The van der Waals surface area contributed by atoms with E-state index in [2.05, 4.69) is 15.3 Å². The predicted octanol–water partition coefficient (Wildman–Crippen LogP) is 1.33. The first-order valence-electron chi connectivity index (χ1n) is 4.16. The van der Waals surface area contributed by atoms with Crippen LogP contribution in [0.4, 0.5) is 5.82 Å². The Kier molecular flexibility index (Phi) is 2.61. The first-order chi connectivity index (χ1) is 6.34. The van der Waals surface area contributed by atoms with Gasteiger partial charge in [-0.2, -0.15) is 0 Å². The quantitative estimate of drug-likeness (QED) is 0.731. The molecular formula is C8H10ClN3O. The third-order valence-electron chi connectivity index (χ3n) is 1.92. The molecule has 0 saturated carbocycles. The van der Waals surface area contributed by atoms with Gasteiger partial charge in [0.1, 0.15) is 17.3 Å². The average molecular weight is 200 g/mol. The molecule has 0 amide bonds. The Morgan fingerprint density at radius 2 is 2.46 bits per heavy atom. The van der Waals surface area contributed by atoms with Crippen LogP contribution in [-0.4, -0.2) is 29.2 Å². The van der Waals surface area contributed by atoms with Crippen molar-refractivity contribution < 1.29 is 4.74 Å². The van der Waals surface area contributed by atoms with Crippen LogP contribution < -0.4 is 5.32 Å². The number of ether oxygens (including phenoxy) is 1. The third kappa shape index (κ3) is 2.29. The second-order valence-electron chi connectivity index (χ2n) is 2.93. The highest BCUT2D eigenvalue weighted by atomic mass is 35.5. The molecule has 4 nitrogen and oxygen atoms in total. The zero-order valence-electron chi connectivity index (χ0n) is 7.03. The van der Waals surface area contributed by atoms with Crippen LogP contribution in [0.2, 0.25) is 5.15 Å². The Morgan fingerprint density at radius 1 is 1.54 bits per heavy atom. The fourth-order valence-corrected chi connectivity index (χ4v) is 1.42. The van der Waals surface area contributed by atoms with E-state index in [9.17, 15) is 0 Å². The molecule has 0 radical (unpaired) electrons. The normalized spacial score (nSPS) is 21.8. The van der Waals surface area contributed by atoms with E-state index in [1.165, 1.54) is 6.33 Å². The van der Waals surface area contributed by atoms with Crippen molar-refractivity contribution in [2.45, 2.75) is 12.5 Å². The Hall–Kier alpha value is -0.870. The van der Waals surface area contributed by atoms with Crippen molar-refractivity contribution >= 4 is 17.4 Å². The van der Waals surface area contributed by atoms with Gasteiger partial charge in [-0.15, -0.1) is 0 Å². The second-order valence-corrected chi connectivity index (χ2v) is 3.32.